The zero-order chi connectivity index (χ0) is 30.7. The summed E-state index contributed by atoms with van der Waals surface area (Å²) in [7, 11) is 0. The molecule has 0 aliphatic rings. The van der Waals surface area contributed by atoms with E-state index >= 15 is 0 Å². The molecule has 216 valence electrons. The van der Waals surface area contributed by atoms with Gasteiger partial charge in [0.2, 0.25) is 0 Å². The first-order valence-corrected chi connectivity index (χ1v) is 15.6. The largest absolute Gasteiger partial charge is 0.228 e. The molecule has 0 saturated carbocycles. The van der Waals surface area contributed by atoms with Gasteiger partial charge in [0.1, 0.15) is 0 Å². The van der Waals surface area contributed by atoms with Crippen molar-refractivity contribution in [2.24, 2.45) is 0 Å². The van der Waals surface area contributed by atoms with Gasteiger partial charge in [-0.3, -0.25) is 0 Å². The highest BCUT2D eigenvalue weighted by molar-refractivity contribution is 5.95. The van der Waals surface area contributed by atoms with E-state index in [0.29, 0.717) is 0 Å². The van der Waals surface area contributed by atoms with Crippen LogP contribution in [0.15, 0.2) is 182 Å². The van der Waals surface area contributed by atoms with Gasteiger partial charge in [-0.2, -0.15) is 0 Å². The number of hydrogen-bond donors (Lipinski definition) is 0. The Bertz CT molecular complexity index is 2270. The van der Waals surface area contributed by atoms with Crippen LogP contribution in [0.3, 0.4) is 0 Å². The van der Waals surface area contributed by atoms with Gasteiger partial charge in [-0.1, -0.05) is 170 Å². The van der Waals surface area contributed by atoms with Gasteiger partial charge in [0, 0.05) is 16.7 Å². The lowest BCUT2D eigenvalue weighted by molar-refractivity contribution is 1.19. The van der Waals surface area contributed by atoms with Crippen molar-refractivity contribution in [1.82, 2.24) is 9.97 Å². The summed E-state index contributed by atoms with van der Waals surface area (Å²) in [5.41, 5.74) is 12.1. The molecule has 7 aromatic carbocycles. The molecule has 2 heteroatoms. The number of nitrogens with zero attached hydrogens (tertiary/aromatic N) is 2. The third-order valence-electron chi connectivity index (χ3n) is 8.53. The number of benzene rings is 7. The van der Waals surface area contributed by atoms with E-state index in [1.807, 2.05) is 6.07 Å². The second kappa shape index (κ2) is 12.1. The summed E-state index contributed by atoms with van der Waals surface area (Å²) in [5.74, 6) is 0.719. The lowest BCUT2D eigenvalue weighted by Crippen LogP contribution is -1.96. The summed E-state index contributed by atoms with van der Waals surface area (Å²) >= 11 is 0. The molecule has 0 fully saturated rings. The molecule has 8 rings (SSSR count). The fraction of sp³-hybridized carbons (Fsp3) is 0. The summed E-state index contributed by atoms with van der Waals surface area (Å²) in [5, 5.41) is 2.31. The minimum atomic E-state index is 0.719. The first kappa shape index (κ1) is 27.4. The Hall–Kier alpha value is -6.12. The molecule has 1 aromatic heterocycles. The van der Waals surface area contributed by atoms with Crippen molar-refractivity contribution in [3.05, 3.63) is 182 Å². The van der Waals surface area contributed by atoms with Crippen molar-refractivity contribution in [1.29, 1.82) is 0 Å². The van der Waals surface area contributed by atoms with E-state index in [2.05, 4.69) is 176 Å². The molecule has 0 unspecified atom stereocenters. The van der Waals surface area contributed by atoms with E-state index in [9.17, 15) is 0 Å². The molecule has 0 atom stereocenters. The Balaban J connectivity index is 1.21. The predicted octanol–water partition coefficient (Wildman–Crippen LogP) is 11.6. The summed E-state index contributed by atoms with van der Waals surface area (Å²) in [6, 6.07) is 63.9. The Labute approximate surface area is 269 Å². The van der Waals surface area contributed by atoms with Crippen molar-refractivity contribution in [2.45, 2.75) is 0 Å². The quantitative estimate of drug-likeness (QED) is 0.194. The second-order valence-corrected chi connectivity index (χ2v) is 11.5. The molecule has 0 N–H and O–H groups in total. The zero-order valence-corrected chi connectivity index (χ0v) is 25.2. The molecular formula is C44H30N2. The first-order chi connectivity index (χ1) is 22.8. The summed E-state index contributed by atoms with van der Waals surface area (Å²) < 4.78 is 0. The molecule has 0 aliphatic heterocycles. The van der Waals surface area contributed by atoms with Crippen molar-refractivity contribution < 1.29 is 0 Å². The third kappa shape index (κ3) is 5.49. The lowest BCUT2D eigenvalue weighted by atomic mass is 9.97. The third-order valence-corrected chi connectivity index (χ3v) is 8.53. The first-order valence-electron chi connectivity index (χ1n) is 15.6. The molecule has 0 amide bonds. The molecule has 1 heterocycles. The summed E-state index contributed by atoms with van der Waals surface area (Å²) in [6.45, 7) is 0. The fourth-order valence-corrected chi connectivity index (χ4v) is 6.09. The lowest BCUT2D eigenvalue weighted by Gasteiger charge is -2.12. The maximum atomic E-state index is 5.16. The van der Waals surface area contributed by atoms with Crippen LogP contribution in [0.2, 0.25) is 0 Å². The second-order valence-electron chi connectivity index (χ2n) is 11.5. The van der Waals surface area contributed by atoms with Crippen LogP contribution < -0.4 is 0 Å². The number of hydrogen-bond acceptors (Lipinski definition) is 2. The number of rotatable bonds is 6. The molecule has 2 nitrogen and oxygen atoms in total. The van der Waals surface area contributed by atoms with Gasteiger partial charge in [-0.25, -0.2) is 9.97 Å². The molecular weight excluding hydrogens is 556 g/mol. The van der Waals surface area contributed by atoms with Crippen LogP contribution in [0, 0.1) is 0 Å². The van der Waals surface area contributed by atoms with E-state index in [1.54, 1.807) is 0 Å². The van der Waals surface area contributed by atoms with Crippen LogP contribution in [-0.4, -0.2) is 9.97 Å². The van der Waals surface area contributed by atoms with Crippen LogP contribution in [0.25, 0.3) is 78.1 Å². The Morgan fingerprint density at radius 2 is 0.696 bits per heavy atom. The standard InChI is InChI=1S/C44H30N2/c1-3-11-31(12-4-1)33-21-25-36(26-22-33)42-30-43(46-44(45-42)41-20-10-16-35-15-7-8-19-40(35)41)37-27-23-34(24-28-37)39-18-9-17-38(29-39)32-13-5-2-6-14-32/h1-30H. The SMILES string of the molecule is c1ccc(-c2ccc(-c3cc(-c4ccc(-c5cccc(-c6ccccc6)c5)cc4)nc(-c4cccc5ccccc45)n3)cc2)cc1. The smallest absolute Gasteiger partial charge is 0.161 e. The van der Waals surface area contributed by atoms with Crippen molar-refractivity contribution in [3.63, 3.8) is 0 Å². The van der Waals surface area contributed by atoms with Crippen LogP contribution >= 0.6 is 0 Å². The number of fused-ring (bicyclic) bond motifs is 1. The highest BCUT2D eigenvalue weighted by atomic mass is 14.9. The van der Waals surface area contributed by atoms with Crippen LogP contribution in [-0.2, 0) is 0 Å². The average Bonchev–Trinajstić information content (AvgIpc) is 3.15. The summed E-state index contributed by atoms with van der Waals surface area (Å²) in [4.78, 5) is 10.3. The molecule has 0 bridgehead atoms. The Kier molecular flexibility index (Phi) is 7.22. The van der Waals surface area contributed by atoms with Gasteiger partial charge in [0.05, 0.1) is 11.4 Å². The van der Waals surface area contributed by atoms with Gasteiger partial charge >= 0.3 is 0 Å². The highest BCUT2D eigenvalue weighted by Crippen LogP contribution is 2.33. The minimum absolute atomic E-state index is 0.719. The topological polar surface area (TPSA) is 25.8 Å². The Morgan fingerprint density at radius 1 is 0.283 bits per heavy atom. The van der Waals surface area contributed by atoms with Gasteiger partial charge < -0.3 is 0 Å². The maximum Gasteiger partial charge on any atom is 0.161 e. The average molecular weight is 587 g/mol. The van der Waals surface area contributed by atoms with Gasteiger partial charge in [-0.15, -0.1) is 0 Å². The van der Waals surface area contributed by atoms with E-state index in [4.69, 9.17) is 9.97 Å². The fourth-order valence-electron chi connectivity index (χ4n) is 6.09. The molecule has 0 spiro atoms. The van der Waals surface area contributed by atoms with E-state index in [0.717, 1.165) is 39.3 Å². The van der Waals surface area contributed by atoms with Crippen molar-refractivity contribution >= 4 is 10.8 Å². The van der Waals surface area contributed by atoms with Gasteiger partial charge in [-0.05, 0) is 56.3 Å². The minimum Gasteiger partial charge on any atom is -0.228 e. The molecule has 46 heavy (non-hydrogen) atoms. The van der Waals surface area contributed by atoms with Crippen LogP contribution in [0.1, 0.15) is 0 Å². The maximum absolute atomic E-state index is 5.16. The molecule has 8 aromatic rings. The van der Waals surface area contributed by atoms with E-state index in [1.165, 1.54) is 38.8 Å². The van der Waals surface area contributed by atoms with Gasteiger partial charge in [0.15, 0.2) is 5.82 Å². The van der Waals surface area contributed by atoms with Gasteiger partial charge in [0.25, 0.3) is 0 Å². The van der Waals surface area contributed by atoms with Crippen molar-refractivity contribution in [3.8, 4) is 67.3 Å². The van der Waals surface area contributed by atoms with E-state index in [-0.39, 0.29) is 0 Å². The van der Waals surface area contributed by atoms with Crippen LogP contribution in [0.5, 0.6) is 0 Å². The Morgan fingerprint density at radius 3 is 1.30 bits per heavy atom. The monoisotopic (exact) mass is 586 g/mol. The van der Waals surface area contributed by atoms with Crippen LogP contribution in [0.4, 0.5) is 0 Å². The van der Waals surface area contributed by atoms with Crippen molar-refractivity contribution in [2.75, 3.05) is 0 Å². The van der Waals surface area contributed by atoms with E-state index < -0.39 is 0 Å². The normalized spacial score (nSPS) is 11.0. The molecule has 0 radical (unpaired) electrons. The molecule has 0 saturated heterocycles. The predicted molar refractivity (Wildman–Crippen MR) is 192 cm³/mol. The molecule has 0 aliphatic carbocycles. The zero-order valence-electron chi connectivity index (χ0n) is 25.2. The summed E-state index contributed by atoms with van der Waals surface area (Å²) in [6.07, 6.45) is 0. The number of aromatic nitrogens is 2. The highest BCUT2D eigenvalue weighted by Gasteiger charge is 2.13.